The molecule has 0 amide bonds. The summed E-state index contributed by atoms with van der Waals surface area (Å²) in [5.74, 6) is 0. The van der Waals surface area contributed by atoms with E-state index >= 15 is 0 Å². The van der Waals surface area contributed by atoms with Crippen LogP contribution in [0.1, 0.15) is 0 Å². The van der Waals surface area contributed by atoms with Gasteiger partial charge in [0.1, 0.15) is 0 Å². The summed E-state index contributed by atoms with van der Waals surface area (Å²) in [6, 6.07) is 9.06. The van der Waals surface area contributed by atoms with E-state index in [0.29, 0.717) is 0 Å². The van der Waals surface area contributed by atoms with Gasteiger partial charge in [-0.3, -0.25) is 4.55 Å². The molecule has 0 aliphatic rings. The third kappa shape index (κ3) is 3.13. The van der Waals surface area contributed by atoms with Gasteiger partial charge in [0.15, 0.2) is 0 Å². The lowest BCUT2D eigenvalue weighted by Crippen LogP contribution is -2.23. The molecule has 0 fully saturated rings. The summed E-state index contributed by atoms with van der Waals surface area (Å²) in [6.45, 7) is 0. The Morgan fingerprint density at radius 3 is 2.45 bits per heavy atom. The minimum absolute atomic E-state index is 0.745. The summed E-state index contributed by atoms with van der Waals surface area (Å²) in [7, 11) is 0. The second-order valence-corrected chi connectivity index (χ2v) is 2.54. The predicted octanol–water partition coefficient (Wildman–Crippen LogP) is 0.740. The van der Waals surface area contributed by atoms with Gasteiger partial charge < -0.3 is 5.43 Å². The normalized spacial score (nSPS) is 12.5. The first kappa shape index (κ1) is 8.19. The predicted molar refractivity (Wildman–Crippen MR) is 44.0 cm³/mol. The highest BCUT2D eigenvalue weighted by Gasteiger charge is 1.89. The number of benzene rings is 1. The summed E-state index contributed by atoms with van der Waals surface area (Å²) in [5.41, 5.74) is 3.29. The van der Waals surface area contributed by atoms with Crippen LogP contribution in [0.15, 0.2) is 30.3 Å². The molecule has 3 N–H and O–H groups in total. The Morgan fingerprint density at radius 1 is 1.27 bits per heavy atom. The van der Waals surface area contributed by atoms with E-state index < -0.39 is 11.3 Å². The summed E-state index contributed by atoms with van der Waals surface area (Å²) < 4.78 is 18.4. The molecular formula is C6H8N2O2S. The van der Waals surface area contributed by atoms with Gasteiger partial charge in [-0.25, -0.2) is 4.21 Å². The van der Waals surface area contributed by atoms with Gasteiger partial charge in [0.25, 0.3) is 0 Å². The Labute approximate surface area is 67.0 Å². The van der Waals surface area contributed by atoms with Crippen LogP contribution in [0.5, 0.6) is 0 Å². The molecule has 0 saturated carbocycles. The van der Waals surface area contributed by atoms with Crippen LogP contribution in [-0.4, -0.2) is 8.76 Å². The molecule has 1 atom stereocenters. The third-order valence-corrected chi connectivity index (χ3v) is 1.33. The van der Waals surface area contributed by atoms with Gasteiger partial charge in [-0.15, -0.1) is 4.83 Å². The van der Waals surface area contributed by atoms with Crippen molar-refractivity contribution in [3.8, 4) is 0 Å². The number of anilines is 1. The van der Waals surface area contributed by atoms with E-state index in [1.807, 2.05) is 18.2 Å². The average molecular weight is 172 g/mol. The summed E-state index contributed by atoms with van der Waals surface area (Å²) in [5, 5.41) is 0. The standard InChI is InChI=1S/C6H8N2O2S/c9-11(10)8-7-6-4-2-1-3-5-6/h1-5,7-8H,(H,9,10). The Balaban J connectivity index is 2.45. The van der Waals surface area contributed by atoms with Crippen LogP contribution in [0.25, 0.3) is 0 Å². The highest BCUT2D eigenvalue weighted by atomic mass is 32.2. The van der Waals surface area contributed by atoms with Crippen LogP contribution >= 0.6 is 0 Å². The van der Waals surface area contributed by atoms with Crippen molar-refractivity contribution >= 4 is 17.0 Å². The zero-order chi connectivity index (χ0) is 8.10. The lowest BCUT2D eigenvalue weighted by atomic mass is 10.3. The number of para-hydroxylation sites is 1. The third-order valence-electron chi connectivity index (χ3n) is 1.06. The Kier molecular flexibility index (Phi) is 3.03. The molecule has 1 aromatic carbocycles. The molecule has 1 aromatic rings. The molecule has 1 unspecified atom stereocenters. The van der Waals surface area contributed by atoms with E-state index in [-0.39, 0.29) is 0 Å². The minimum atomic E-state index is -2.03. The average Bonchev–Trinajstić information content (AvgIpc) is 2.03. The minimum Gasteiger partial charge on any atom is -0.308 e. The monoisotopic (exact) mass is 172 g/mol. The van der Waals surface area contributed by atoms with Gasteiger partial charge in [0.05, 0.1) is 0 Å². The van der Waals surface area contributed by atoms with Crippen LogP contribution < -0.4 is 10.3 Å². The lowest BCUT2D eigenvalue weighted by molar-refractivity contribution is 0.555. The fraction of sp³-hybridized carbons (Fsp3) is 0. The van der Waals surface area contributed by atoms with E-state index in [9.17, 15) is 4.21 Å². The van der Waals surface area contributed by atoms with Crippen molar-refractivity contribution in [2.75, 3.05) is 5.43 Å². The second-order valence-electron chi connectivity index (χ2n) is 1.84. The van der Waals surface area contributed by atoms with Crippen LogP contribution in [-0.2, 0) is 11.3 Å². The molecule has 60 valence electrons. The Hall–Kier alpha value is -0.910. The maximum Gasteiger partial charge on any atom is 0.250 e. The largest absolute Gasteiger partial charge is 0.308 e. The van der Waals surface area contributed by atoms with E-state index in [4.69, 9.17) is 4.55 Å². The molecule has 0 bridgehead atoms. The topological polar surface area (TPSA) is 61.4 Å². The number of nitrogens with one attached hydrogen (secondary N) is 2. The van der Waals surface area contributed by atoms with Gasteiger partial charge >= 0.3 is 0 Å². The summed E-state index contributed by atoms with van der Waals surface area (Å²) in [6.07, 6.45) is 0. The highest BCUT2D eigenvalue weighted by molar-refractivity contribution is 7.77. The van der Waals surface area contributed by atoms with Gasteiger partial charge in [0.2, 0.25) is 11.3 Å². The molecule has 0 heterocycles. The maximum atomic E-state index is 10.1. The summed E-state index contributed by atoms with van der Waals surface area (Å²) >= 11 is -2.03. The Morgan fingerprint density at radius 2 is 1.91 bits per heavy atom. The first-order valence-corrected chi connectivity index (χ1v) is 4.07. The van der Waals surface area contributed by atoms with Crippen molar-refractivity contribution in [3.05, 3.63) is 30.3 Å². The first-order chi connectivity index (χ1) is 5.29. The molecule has 5 heteroatoms. The van der Waals surface area contributed by atoms with E-state index in [2.05, 4.69) is 10.3 Å². The highest BCUT2D eigenvalue weighted by Crippen LogP contribution is 2.02. The SMILES string of the molecule is O=S(O)NNc1ccccc1. The molecule has 0 aromatic heterocycles. The first-order valence-electron chi connectivity index (χ1n) is 2.96. The van der Waals surface area contributed by atoms with Crippen molar-refractivity contribution in [1.29, 1.82) is 0 Å². The fourth-order valence-electron chi connectivity index (χ4n) is 0.624. The van der Waals surface area contributed by atoms with Crippen molar-refractivity contribution in [1.82, 2.24) is 4.83 Å². The maximum absolute atomic E-state index is 10.1. The van der Waals surface area contributed by atoms with E-state index in [1.165, 1.54) is 0 Å². The van der Waals surface area contributed by atoms with Crippen LogP contribution in [0.3, 0.4) is 0 Å². The van der Waals surface area contributed by atoms with E-state index in [1.54, 1.807) is 12.1 Å². The lowest BCUT2D eigenvalue weighted by Gasteiger charge is -2.02. The molecular weight excluding hydrogens is 164 g/mol. The van der Waals surface area contributed by atoms with Gasteiger partial charge in [0, 0.05) is 5.69 Å². The Bertz CT molecular complexity index is 240. The number of hydrogen-bond acceptors (Lipinski definition) is 2. The number of rotatable bonds is 3. The molecule has 0 saturated heterocycles. The molecule has 0 aliphatic carbocycles. The number of hydrogen-bond donors (Lipinski definition) is 3. The zero-order valence-electron chi connectivity index (χ0n) is 5.65. The molecule has 1 rings (SSSR count). The number of hydrazine groups is 1. The molecule has 0 aliphatic heterocycles. The van der Waals surface area contributed by atoms with Gasteiger partial charge in [-0.05, 0) is 12.1 Å². The van der Waals surface area contributed by atoms with Crippen LogP contribution in [0.4, 0.5) is 5.69 Å². The fourth-order valence-corrected chi connectivity index (χ4v) is 0.829. The molecule has 0 spiro atoms. The molecule has 4 nitrogen and oxygen atoms in total. The van der Waals surface area contributed by atoms with Gasteiger partial charge in [-0.2, -0.15) is 0 Å². The molecule has 0 radical (unpaired) electrons. The quantitative estimate of drug-likeness (QED) is 0.465. The van der Waals surface area contributed by atoms with Crippen molar-refractivity contribution < 1.29 is 8.76 Å². The summed E-state index contributed by atoms with van der Waals surface area (Å²) in [4.78, 5) is 2.14. The zero-order valence-corrected chi connectivity index (χ0v) is 6.47. The van der Waals surface area contributed by atoms with Crippen molar-refractivity contribution in [3.63, 3.8) is 0 Å². The molecule has 11 heavy (non-hydrogen) atoms. The van der Waals surface area contributed by atoms with Crippen LogP contribution in [0, 0.1) is 0 Å². The smallest absolute Gasteiger partial charge is 0.250 e. The van der Waals surface area contributed by atoms with Gasteiger partial charge in [-0.1, -0.05) is 18.2 Å². The second kappa shape index (κ2) is 4.07. The van der Waals surface area contributed by atoms with Crippen molar-refractivity contribution in [2.45, 2.75) is 0 Å². The van der Waals surface area contributed by atoms with Crippen molar-refractivity contribution in [2.24, 2.45) is 0 Å². The van der Waals surface area contributed by atoms with Crippen LogP contribution in [0.2, 0.25) is 0 Å². The van der Waals surface area contributed by atoms with E-state index in [0.717, 1.165) is 5.69 Å².